The molecule has 0 bridgehead atoms. The van der Waals surface area contributed by atoms with Crippen LogP contribution in [0.15, 0.2) is 18.2 Å². The number of benzene rings is 1. The van der Waals surface area contributed by atoms with E-state index in [1.165, 1.54) is 13.8 Å². The Hall–Kier alpha value is -1.30. The van der Waals surface area contributed by atoms with Crippen molar-refractivity contribution in [3.63, 3.8) is 0 Å². The van der Waals surface area contributed by atoms with Crippen molar-refractivity contribution in [2.24, 2.45) is 0 Å². The summed E-state index contributed by atoms with van der Waals surface area (Å²) in [6.45, 7) is 2.76. The molecule has 0 fully saturated rings. The molecule has 0 spiro atoms. The van der Waals surface area contributed by atoms with E-state index < -0.39 is 17.4 Å². The van der Waals surface area contributed by atoms with Crippen LogP contribution >= 0.6 is 23.2 Å². The van der Waals surface area contributed by atoms with E-state index in [0.29, 0.717) is 15.7 Å². The number of carbonyl (C=O) groups excluding carboxylic acids is 1. The van der Waals surface area contributed by atoms with E-state index in [1.54, 1.807) is 18.2 Å². The molecule has 104 valence electrons. The topological polar surface area (TPSA) is 78.4 Å². The minimum absolute atomic E-state index is 0.166. The number of amides is 1. The number of anilines is 1. The highest BCUT2D eigenvalue weighted by atomic mass is 35.5. The van der Waals surface area contributed by atoms with Crippen LogP contribution in [0.2, 0.25) is 10.0 Å². The molecule has 0 aromatic heterocycles. The minimum Gasteiger partial charge on any atom is -0.480 e. The number of aliphatic carboxylic acids is 1. The lowest BCUT2D eigenvalue weighted by molar-refractivity contribution is -0.143. The van der Waals surface area contributed by atoms with E-state index in [9.17, 15) is 9.59 Å². The van der Waals surface area contributed by atoms with Crippen molar-refractivity contribution >= 4 is 40.8 Å². The van der Waals surface area contributed by atoms with Crippen LogP contribution < -0.4 is 10.6 Å². The minimum atomic E-state index is -1.19. The summed E-state index contributed by atoms with van der Waals surface area (Å²) in [4.78, 5) is 22.6. The maximum Gasteiger partial charge on any atom is 0.323 e. The summed E-state index contributed by atoms with van der Waals surface area (Å²) in [7, 11) is 0. The number of rotatable bonds is 5. The van der Waals surface area contributed by atoms with Gasteiger partial charge in [0.15, 0.2) is 0 Å². The van der Waals surface area contributed by atoms with Gasteiger partial charge in [-0.15, -0.1) is 0 Å². The molecule has 19 heavy (non-hydrogen) atoms. The molecule has 0 atom stereocenters. The van der Waals surface area contributed by atoms with E-state index in [2.05, 4.69) is 10.6 Å². The van der Waals surface area contributed by atoms with E-state index in [1.807, 2.05) is 0 Å². The summed E-state index contributed by atoms with van der Waals surface area (Å²) >= 11 is 11.8. The first-order valence-electron chi connectivity index (χ1n) is 5.46. The molecule has 0 saturated carbocycles. The summed E-state index contributed by atoms with van der Waals surface area (Å²) in [5.41, 5.74) is -0.882. The lowest BCUT2D eigenvalue weighted by atomic mass is 10.1. The van der Waals surface area contributed by atoms with Gasteiger partial charge in [0.25, 0.3) is 0 Å². The van der Waals surface area contributed by atoms with Crippen LogP contribution in [0.1, 0.15) is 13.8 Å². The van der Waals surface area contributed by atoms with Crippen LogP contribution in [0.5, 0.6) is 0 Å². The normalized spacial score (nSPS) is 11.2. The molecular weight excluding hydrogens is 291 g/mol. The van der Waals surface area contributed by atoms with Gasteiger partial charge in [-0.3, -0.25) is 14.9 Å². The molecule has 0 aliphatic heterocycles. The van der Waals surface area contributed by atoms with Crippen LogP contribution in [0, 0.1) is 0 Å². The van der Waals surface area contributed by atoms with Crippen LogP contribution in [0.3, 0.4) is 0 Å². The van der Waals surface area contributed by atoms with Gasteiger partial charge in [0.05, 0.1) is 22.3 Å². The second-order valence-corrected chi connectivity index (χ2v) is 5.24. The Morgan fingerprint density at radius 3 is 2.26 bits per heavy atom. The molecule has 5 nitrogen and oxygen atoms in total. The maximum absolute atomic E-state index is 11.7. The monoisotopic (exact) mass is 304 g/mol. The lowest BCUT2D eigenvalue weighted by Gasteiger charge is -2.20. The summed E-state index contributed by atoms with van der Waals surface area (Å²) in [5, 5.41) is 14.7. The van der Waals surface area contributed by atoms with Gasteiger partial charge in [-0.1, -0.05) is 29.3 Å². The quantitative estimate of drug-likeness (QED) is 0.780. The summed E-state index contributed by atoms with van der Waals surface area (Å²) in [5.74, 6) is -1.47. The first-order valence-corrected chi connectivity index (χ1v) is 6.22. The van der Waals surface area contributed by atoms with E-state index in [0.717, 1.165) is 0 Å². The Kier molecular flexibility index (Phi) is 5.17. The molecule has 3 N–H and O–H groups in total. The third-order valence-corrected chi connectivity index (χ3v) is 3.08. The molecule has 0 heterocycles. The summed E-state index contributed by atoms with van der Waals surface area (Å²) in [6.07, 6.45) is 0. The molecule has 1 rings (SSSR count). The van der Waals surface area contributed by atoms with Gasteiger partial charge in [-0.05, 0) is 26.0 Å². The molecule has 0 saturated heterocycles. The summed E-state index contributed by atoms with van der Waals surface area (Å²) < 4.78 is 0. The fourth-order valence-corrected chi connectivity index (χ4v) is 1.67. The molecule has 1 aromatic rings. The smallest absolute Gasteiger partial charge is 0.323 e. The highest BCUT2D eigenvalue weighted by Crippen LogP contribution is 2.29. The molecule has 1 aromatic carbocycles. The fraction of sp³-hybridized carbons (Fsp3) is 0.333. The van der Waals surface area contributed by atoms with Gasteiger partial charge in [0.1, 0.15) is 5.54 Å². The Balaban J connectivity index is 2.64. The van der Waals surface area contributed by atoms with Gasteiger partial charge in [0.2, 0.25) is 5.91 Å². The number of carbonyl (C=O) groups is 2. The first-order chi connectivity index (χ1) is 8.74. The van der Waals surface area contributed by atoms with Crippen molar-refractivity contribution < 1.29 is 14.7 Å². The van der Waals surface area contributed by atoms with Crippen molar-refractivity contribution in [1.29, 1.82) is 0 Å². The highest BCUT2D eigenvalue weighted by Gasteiger charge is 2.27. The van der Waals surface area contributed by atoms with Gasteiger partial charge >= 0.3 is 5.97 Å². The van der Waals surface area contributed by atoms with Crippen LogP contribution in [-0.4, -0.2) is 29.1 Å². The van der Waals surface area contributed by atoms with Crippen molar-refractivity contribution in [3.8, 4) is 0 Å². The second kappa shape index (κ2) is 6.23. The predicted molar refractivity (Wildman–Crippen MR) is 74.8 cm³/mol. The Labute approximate surface area is 120 Å². The first kappa shape index (κ1) is 15.8. The van der Waals surface area contributed by atoms with Crippen LogP contribution in [-0.2, 0) is 9.59 Å². The second-order valence-electron chi connectivity index (χ2n) is 4.43. The standard InChI is InChI=1S/C12H14Cl2N2O3/c1-12(2,11(18)19)15-6-9(17)16-10-7(13)4-3-5-8(10)14/h3-5,15H,6H2,1-2H3,(H,16,17)(H,18,19). The lowest BCUT2D eigenvalue weighted by Crippen LogP contribution is -2.49. The number of nitrogens with one attached hydrogen (secondary N) is 2. The third kappa shape index (κ3) is 4.38. The average Bonchev–Trinajstić information content (AvgIpc) is 2.31. The van der Waals surface area contributed by atoms with Crippen LogP contribution in [0.4, 0.5) is 5.69 Å². The number of carboxylic acids is 1. The molecule has 1 amide bonds. The van der Waals surface area contributed by atoms with Gasteiger partial charge in [0, 0.05) is 0 Å². The number of para-hydroxylation sites is 1. The average molecular weight is 305 g/mol. The van der Waals surface area contributed by atoms with E-state index in [-0.39, 0.29) is 6.54 Å². The SMILES string of the molecule is CC(C)(NCC(=O)Nc1c(Cl)cccc1Cl)C(=O)O. The van der Waals surface area contributed by atoms with Crippen molar-refractivity contribution in [1.82, 2.24) is 5.32 Å². The van der Waals surface area contributed by atoms with Gasteiger partial charge in [-0.25, -0.2) is 0 Å². The molecule has 7 heteroatoms. The van der Waals surface area contributed by atoms with Crippen molar-refractivity contribution in [2.45, 2.75) is 19.4 Å². The van der Waals surface area contributed by atoms with Crippen LogP contribution in [0.25, 0.3) is 0 Å². The largest absolute Gasteiger partial charge is 0.480 e. The summed E-state index contributed by atoms with van der Waals surface area (Å²) in [6, 6.07) is 4.85. The van der Waals surface area contributed by atoms with Crippen molar-refractivity contribution in [3.05, 3.63) is 28.2 Å². The zero-order valence-corrected chi connectivity index (χ0v) is 12.0. The predicted octanol–water partition coefficient (Wildman–Crippen LogP) is 2.38. The number of hydrogen-bond donors (Lipinski definition) is 3. The zero-order valence-electron chi connectivity index (χ0n) is 10.5. The fourth-order valence-electron chi connectivity index (χ4n) is 1.18. The van der Waals surface area contributed by atoms with Crippen molar-refractivity contribution in [2.75, 3.05) is 11.9 Å². The molecular formula is C12H14Cl2N2O3. The molecule has 0 unspecified atom stereocenters. The molecule has 0 radical (unpaired) electrons. The van der Waals surface area contributed by atoms with Gasteiger partial charge in [-0.2, -0.15) is 0 Å². The van der Waals surface area contributed by atoms with Gasteiger partial charge < -0.3 is 10.4 Å². The Bertz CT molecular complexity index is 483. The number of halogens is 2. The molecule has 0 aliphatic rings. The number of carboxylic acid groups (broad SMARTS) is 1. The number of hydrogen-bond acceptors (Lipinski definition) is 3. The Morgan fingerprint density at radius 1 is 1.26 bits per heavy atom. The van der Waals surface area contributed by atoms with E-state index >= 15 is 0 Å². The van der Waals surface area contributed by atoms with E-state index in [4.69, 9.17) is 28.3 Å². The Morgan fingerprint density at radius 2 is 1.79 bits per heavy atom. The zero-order chi connectivity index (χ0) is 14.6. The molecule has 0 aliphatic carbocycles. The highest BCUT2D eigenvalue weighted by molar-refractivity contribution is 6.39. The third-order valence-electron chi connectivity index (χ3n) is 2.45. The maximum atomic E-state index is 11.7.